The summed E-state index contributed by atoms with van der Waals surface area (Å²) in [6.07, 6.45) is 1.15. The van der Waals surface area contributed by atoms with Crippen molar-refractivity contribution < 1.29 is 19.0 Å². The topological polar surface area (TPSA) is 49.8 Å². The molecule has 1 aromatic carbocycles. The molecule has 1 fully saturated rings. The predicted octanol–water partition coefficient (Wildman–Crippen LogP) is 1.68. The molecular formula is C14H18FNO3. The zero-order valence-electron chi connectivity index (χ0n) is 11.1. The monoisotopic (exact) mass is 267 g/mol. The van der Waals surface area contributed by atoms with Gasteiger partial charge in [-0.25, -0.2) is 4.39 Å². The molecule has 1 N–H and O–H groups in total. The van der Waals surface area contributed by atoms with Crippen molar-refractivity contribution in [1.82, 2.24) is 4.90 Å². The number of carbonyl (C=O) groups is 1. The van der Waals surface area contributed by atoms with E-state index < -0.39 is 11.7 Å². The Morgan fingerprint density at radius 1 is 1.53 bits per heavy atom. The summed E-state index contributed by atoms with van der Waals surface area (Å²) in [5.74, 6) is -0.437. The fraction of sp³-hybridized carbons (Fsp3) is 0.500. The van der Waals surface area contributed by atoms with Gasteiger partial charge in [0.05, 0.1) is 13.2 Å². The minimum Gasteiger partial charge on any atom is -0.496 e. The van der Waals surface area contributed by atoms with Gasteiger partial charge in [-0.05, 0) is 30.9 Å². The predicted molar refractivity (Wildman–Crippen MR) is 68.6 cm³/mol. The molecule has 0 radical (unpaired) electrons. The minimum absolute atomic E-state index is 0.0348. The zero-order valence-corrected chi connectivity index (χ0v) is 11.1. The molecule has 104 valence electrons. The first-order valence-electron chi connectivity index (χ1n) is 6.29. The number of amides is 1. The highest BCUT2D eigenvalue weighted by Gasteiger charge is 2.30. The quantitative estimate of drug-likeness (QED) is 0.903. The van der Waals surface area contributed by atoms with Crippen molar-refractivity contribution in [3.63, 3.8) is 0 Å². The Bertz CT molecular complexity index is 472. The van der Waals surface area contributed by atoms with Crippen molar-refractivity contribution in [1.29, 1.82) is 0 Å². The van der Waals surface area contributed by atoms with E-state index in [-0.39, 0.29) is 17.4 Å². The highest BCUT2D eigenvalue weighted by Crippen LogP contribution is 2.29. The summed E-state index contributed by atoms with van der Waals surface area (Å²) in [5, 5.41) is 9.23. The number of carbonyl (C=O) groups excluding carboxylic acids is 1. The molecule has 4 nitrogen and oxygen atoms in total. The van der Waals surface area contributed by atoms with Crippen molar-refractivity contribution in [2.24, 2.45) is 5.92 Å². The minimum atomic E-state index is -0.579. The van der Waals surface area contributed by atoms with Crippen LogP contribution in [0.5, 0.6) is 5.75 Å². The van der Waals surface area contributed by atoms with Crippen molar-refractivity contribution in [3.8, 4) is 5.75 Å². The molecule has 2 rings (SSSR count). The summed E-state index contributed by atoms with van der Waals surface area (Å²) in [6, 6.07) is 4.32. The molecule has 1 saturated carbocycles. The SMILES string of the molecule is COc1cccc(F)c1C(=O)N(C)CC1CC(O)C1. The lowest BCUT2D eigenvalue weighted by molar-refractivity contribution is 0.0263. The molecule has 0 heterocycles. The first-order valence-corrected chi connectivity index (χ1v) is 6.29. The van der Waals surface area contributed by atoms with Gasteiger partial charge in [0.25, 0.3) is 5.91 Å². The fourth-order valence-electron chi connectivity index (χ4n) is 2.39. The maximum Gasteiger partial charge on any atom is 0.260 e. The molecule has 0 saturated heterocycles. The van der Waals surface area contributed by atoms with E-state index in [0.717, 1.165) is 0 Å². The molecule has 0 aliphatic heterocycles. The van der Waals surface area contributed by atoms with E-state index in [4.69, 9.17) is 4.74 Å². The Morgan fingerprint density at radius 3 is 2.79 bits per heavy atom. The number of nitrogens with zero attached hydrogens (tertiary/aromatic N) is 1. The van der Waals surface area contributed by atoms with Crippen LogP contribution in [-0.4, -0.2) is 42.7 Å². The summed E-state index contributed by atoms with van der Waals surface area (Å²) >= 11 is 0. The number of aliphatic hydroxyl groups excluding tert-OH is 1. The third-order valence-corrected chi connectivity index (χ3v) is 3.50. The van der Waals surface area contributed by atoms with Gasteiger partial charge in [0.1, 0.15) is 17.1 Å². The normalized spacial score (nSPS) is 21.7. The smallest absolute Gasteiger partial charge is 0.260 e. The lowest BCUT2D eigenvalue weighted by atomic mass is 9.82. The van der Waals surface area contributed by atoms with E-state index in [1.165, 1.54) is 24.1 Å². The third kappa shape index (κ3) is 2.87. The lowest BCUT2D eigenvalue weighted by Crippen LogP contribution is -2.39. The lowest BCUT2D eigenvalue weighted by Gasteiger charge is -2.34. The Hall–Kier alpha value is -1.62. The number of hydrogen-bond donors (Lipinski definition) is 1. The van der Waals surface area contributed by atoms with Crippen LogP contribution in [-0.2, 0) is 0 Å². The molecule has 1 aliphatic rings. The van der Waals surface area contributed by atoms with Crippen molar-refractivity contribution in [3.05, 3.63) is 29.6 Å². The average Bonchev–Trinajstić information content (AvgIpc) is 2.35. The largest absolute Gasteiger partial charge is 0.496 e. The Labute approximate surface area is 111 Å². The third-order valence-electron chi connectivity index (χ3n) is 3.50. The molecule has 0 atom stereocenters. The second kappa shape index (κ2) is 5.57. The van der Waals surface area contributed by atoms with E-state index in [1.807, 2.05) is 0 Å². The number of hydrogen-bond acceptors (Lipinski definition) is 3. The van der Waals surface area contributed by atoms with Gasteiger partial charge in [-0.15, -0.1) is 0 Å². The number of methoxy groups -OCH3 is 1. The van der Waals surface area contributed by atoms with Gasteiger partial charge in [-0.3, -0.25) is 4.79 Å². The molecule has 0 aromatic heterocycles. The second-order valence-corrected chi connectivity index (χ2v) is 4.99. The van der Waals surface area contributed by atoms with E-state index >= 15 is 0 Å². The van der Waals surface area contributed by atoms with Crippen LogP contribution in [0.3, 0.4) is 0 Å². The summed E-state index contributed by atoms with van der Waals surface area (Å²) < 4.78 is 18.8. The molecule has 1 amide bonds. The van der Waals surface area contributed by atoms with Crippen LogP contribution in [0.4, 0.5) is 4.39 Å². The van der Waals surface area contributed by atoms with Gasteiger partial charge in [-0.1, -0.05) is 6.07 Å². The van der Waals surface area contributed by atoms with Gasteiger partial charge >= 0.3 is 0 Å². The summed E-state index contributed by atoms with van der Waals surface area (Å²) in [5.41, 5.74) is -0.0348. The van der Waals surface area contributed by atoms with E-state index in [1.54, 1.807) is 13.1 Å². The molecule has 1 aromatic rings. The number of ether oxygens (including phenoxy) is 1. The molecule has 19 heavy (non-hydrogen) atoms. The standard InChI is InChI=1S/C14H18FNO3/c1-16(8-9-6-10(17)7-9)14(18)13-11(15)4-3-5-12(13)19-2/h3-5,9-10,17H,6-8H2,1-2H3. The Kier molecular flexibility index (Phi) is 4.04. The summed E-state index contributed by atoms with van der Waals surface area (Å²) in [7, 11) is 3.05. The van der Waals surface area contributed by atoms with Gasteiger partial charge in [-0.2, -0.15) is 0 Å². The number of rotatable bonds is 4. The fourth-order valence-corrected chi connectivity index (χ4v) is 2.39. The summed E-state index contributed by atoms with van der Waals surface area (Å²) in [4.78, 5) is 13.7. The van der Waals surface area contributed by atoms with Crippen molar-refractivity contribution in [2.75, 3.05) is 20.7 Å². The molecule has 5 heteroatoms. The van der Waals surface area contributed by atoms with Crippen LogP contribution < -0.4 is 4.74 Å². The van der Waals surface area contributed by atoms with Crippen LogP contribution in [0.25, 0.3) is 0 Å². The van der Waals surface area contributed by atoms with E-state index in [9.17, 15) is 14.3 Å². The van der Waals surface area contributed by atoms with Crippen LogP contribution in [0.15, 0.2) is 18.2 Å². The molecular weight excluding hydrogens is 249 g/mol. The number of benzene rings is 1. The molecule has 0 spiro atoms. The highest BCUT2D eigenvalue weighted by molar-refractivity contribution is 5.97. The first-order chi connectivity index (χ1) is 9.02. The van der Waals surface area contributed by atoms with Crippen molar-refractivity contribution in [2.45, 2.75) is 18.9 Å². The average molecular weight is 267 g/mol. The maximum absolute atomic E-state index is 13.8. The Balaban J connectivity index is 2.10. The molecule has 0 bridgehead atoms. The van der Waals surface area contributed by atoms with Crippen LogP contribution in [0.1, 0.15) is 23.2 Å². The van der Waals surface area contributed by atoms with Gasteiger partial charge in [0.15, 0.2) is 0 Å². The van der Waals surface area contributed by atoms with E-state index in [0.29, 0.717) is 25.3 Å². The van der Waals surface area contributed by atoms with Gasteiger partial charge in [0, 0.05) is 13.6 Å². The highest BCUT2D eigenvalue weighted by atomic mass is 19.1. The maximum atomic E-state index is 13.8. The molecule has 0 unspecified atom stereocenters. The number of aliphatic hydroxyl groups is 1. The van der Waals surface area contributed by atoms with Crippen LogP contribution in [0.2, 0.25) is 0 Å². The zero-order chi connectivity index (χ0) is 14.0. The first kappa shape index (κ1) is 13.8. The van der Waals surface area contributed by atoms with Gasteiger partial charge in [0.2, 0.25) is 0 Å². The van der Waals surface area contributed by atoms with Crippen LogP contribution in [0, 0.1) is 11.7 Å². The van der Waals surface area contributed by atoms with Crippen LogP contribution >= 0.6 is 0 Å². The van der Waals surface area contributed by atoms with Crippen molar-refractivity contribution >= 4 is 5.91 Å². The number of halogens is 1. The van der Waals surface area contributed by atoms with Gasteiger partial charge < -0.3 is 14.7 Å². The second-order valence-electron chi connectivity index (χ2n) is 4.99. The summed E-state index contributed by atoms with van der Waals surface area (Å²) in [6.45, 7) is 0.521. The molecule has 1 aliphatic carbocycles. The van der Waals surface area contributed by atoms with E-state index in [2.05, 4.69) is 0 Å². The Morgan fingerprint density at radius 2 is 2.21 bits per heavy atom.